The molecule has 9 heteroatoms. The average Bonchev–Trinajstić information content (AvgIpc) is 2.92. The first-order chi connectivity index (χ1) is 11.6. The summed E-state index contributed by atoms with van der Waals surface area (Å²) in [5, 5.41) is 0. The maximum absolute atomic E-state index is 13.3. The van der Waals surface area contributed by atoms with E-state index in [1.807, 2.05) is 0 Å². The Labute approximate surface area is 146 Å². The van der Waals surface area contributed by atoms with Gasteiger partial charge in [0.2, 0.25) is 10.0 Å². The molecule has 0 radical (unpaired) electrons. The van der Waals surface area contributed by atoms with Crippen molar-refractivity contribution < 1.29 is 21.2 Å². The van der Waals surface area contributed by atoms with Gasteiger partial charge in [-0.05, 0) is 60.9 Å². The molecule has 0 fully saturated rings. The molecular formula is C16H17FN2O4S2. The largest absolute Gasteiger partial charge is 0.280 e. The lowest BCUT2D eigenvalue weighted by atomic mass is 10.1. The van der Waals surface area contributed by atoms with Crippen molar-refractivity contribution >= 4 is 31.4 Å². The van der Waals surface area contributed by atoms with E-state index < -0.39 is 25.9 Å². The van der Waals surface area contributed by atoms with Crippen LogP contribution in [0.5, 0.6) is 0 Å². The summed E-state index contributed by atoms with van der Waals surface area (Å²) >= 11 is 0. The summed E-state index contributed by atoms with van der Waals surface area (Å²) < 4.78 is 65.4. The highest BCUT2D eigenvalue weighted by molar-refractivity contribution is 7.92. The zero-order valence-electron chi connectivity index (χ0n) is 13.7. The quantitative estimate of drug-likeness (QED) is 0.876. The second-order valence-corrected chi connectivity index (χ2v) is 9.53. The number of nitrogens with zero attached hydrogens (tertiary/aromatic N) is 1. The minimum atomic E-state index is -3.86. The lowest BCUT2D eigenvalue weighted by molar-refractivity contribution is 0.596. The maximum Gasteiger partial charge on any atom is 0.261 e. The topological polar surface area (TPSA) is 83.6 Å². The Bertz CT molecular complexity index is 1050. The Kier molecular flexibility index (Phi) is 4.24. The number of benzene rings is 2. The molecule has 6 nitrogen and oxygen atoms in total. The van der Waals surface area contributed by atoms with Crippen molar-refractivity contribution in [3.8, 4) is 0 Å². The third kappa shape index (κ3) is 3.47. The number of sulfonamides is 2. The van der Waals surface area contributed by atoms with Crippen LogP contribution in [0.3, 0.4) is 0 Å². The van der Waals surface area contributed by atoms with E-state index in [4.69, 9.17) is 0 Å². The van der Waals surface area contributed by atoms with Crippen molar-refractivity contribution in [2.45, 2.75) is 18.2 Å². The molecule has 2 aromatic carbocycles. The molecule has 0 aliphatic carbocycles. The van der Waals surface area contributed by atoms with Crippen molar-refractivity contribution in [1.82, 2.24) is 0 Å². The lowest BCUT2D eigenvalue weighted by Gasteiger charge is -2.16. The Morgan fingerprint density at radius 1 is 1.08 bits per heavy atom. The average molecular weight is 384 g/mol. The lowest BCUT2D eigenvalue weighted by Crippen LogP contribution is -2.27. The number of anilines is 2. The number of halogens is 1. The Balaban J connectivity index is 1.90. The van der Waals surface area contributed by atoms with Crippen LogP contribution in [-0.4, -0.2) is 29.6 Å². The molecule has 1 aliphatic heterocycles. The summed E-state index contributed by atoms with van der Waals surface area (Å²) in [6, 6.07) is 8.28. The second kappa shape index (κ2) is 5.99. The van der Waals surface area contributed by atoms with Gasteiger partial charge in [0.05, 0.1) is 16.8 Å². The molecule has 1 heterocycles. The SMILES string of the molecule is Cc1cc(S(=O)(=O)Nc2ccc3c(c2)CCN3S(C)(=O)=O)ccc1F. The molecule has 0 bridgehead atoms. The van der Waals surface area contributed by atoms with Gasteiger partial charge >= 0.3 is 0 Å². The van der Waals surface area contributed by atoms with E-state index in [0.717, 1.165) is 17.9 Å². The van der Waals surface area contributed by atoms with E-state index in [9.17, 15) is 21.2 Å². The van der Waals surface area contributed by atoms with Crippen LogP contribution in [0.4, 0.5) is 15.8 Å². The van der Waals surface area contributed by atoms with Crippen LogP contribution in [-0.2, 0) is 26.5 Å². The first-order valence-corrected chi connectivity index (χ1v) is 10.8. The Morgan fingerprint density at radius 2 is 1.80 bits per heavy atom. The fraction of sp³-hybridized carbons (Fsp3) is 0.250. The van der Waals surface area contributed by atoms with Gasteiger partial charge in [0.1, 0.15) is 5.82 Å². The summed E-state index contributed by atoms with van der Waals surface area (Å²) in [5.41, 5.74) is 1.88. The molecule has 3 rings (SSSR count). The second-order valence-electron chi connectivity index (χ2n) is 5.95. The van der Waals surface area contributed by atoms with Crippen LogP contribution >= 0.6 is 0 Å². The van der Waals surface area contributed by atoms with Gasteiger partial charge in [-0.2, -0.15) is 0 Å². The first kappa shape index (κ1) is 17.7. The van der Waals surface area contributed by atoms with Crippen molar-refractivity contribution in [2.24, 2.45) is 0 Å². The van der Waals surface area contributed by atoms with E-state index >= 15 is 0 Å². The zero-order chi connectivity index (χ0) is 18.4. The summed E-state index contributed by atoms with van der Waals surface area (Å²) in [5.74, 6) is -0.475. The Morgan fingerprint density at radius 3 is 2.44 bits per heavy atom. The highest BCUT2D eigenvalue weighted by Gasteiger charge is 2.26. The summed E-state index contributed by atoms with van der Waals surface area (Å²) in [6.45, 7) is 1.82. The number of hydrogen-bond acceptors (Lipinski definition) is 4. The van der Waals surface area contributed by atoms with Crippen LogP contribution in [0.1, 0.15) is 11.1 Å². The standard InChI is InChI=1S/C16H17FN2O4S2/c1-11-9-14(4-5-15(11)17)25(22,23)18-13-3-6-16-12(10-13)7-8-19(16)24(2,20)21/h3-6,9-10,18H,7-8H2,1-2H3. The number of rotatable bonds is 4. The highest BCUT2D eigenvalue weighted by Crippen LogP contribution is 2.32. The molecule has 0 atom stereocenters. The molecule has 2 aromatic rings. The molecule has 0 spiro atoms. The van der Waals surface area contributed by atoms with Gasteiger partial charge in [-0.15, -0.1) is 0 Å². The zero-order valence-corrected chi connectivity index (χ0v) is 15.3. The molecule has 0 aromatic heterocycles. The van der Waals surface area contributed by atoms with Gasteiger partial charge in [0.25, 0.3) is 10.0 Å². The van der Waals surface area contributed by atoms with Crippen molar-refractivity contribution in [3.63, 3.8) is 0 Å². The molecule has 0 unspecified atom stereocenters. The van der Waals surface area contributed by atoms with E-state index in [1.165, 1.54) is 29.4 Å². The normalized spacial score (nSPS) is 14.4. The van der Waals surface area contributed by atoms with Crippen LogP contribution in [0, 0.1) is 12.7 Å². The van der Waals surface area contributed by atoms with Gasteiger partial charge in [-0.25, -0.2) is 21.2 Å². The third-order valence-electron chi connectivity index (χ3n) is 4.02. The molecule has 1 N–H and O–H groups in total. The first-order valence-electron chi connectivity index (χ1n) is 7.47. The molecule has 0 amide bonds. The fourth-order valence-electron chi connectivity index (χ4n) is 2.78. The predicted octanol–water partition coefficient (Wildman–Crippen LogP) is 2.26. The van der Waals surface area contributed by atoms with Crippen LogP contribution in [0.2, 0.25) is 0 Å². The predicted molar refractivity (Wildman–Crippen MR) is 94.3 cm³/mol. The Hall–Kier alpha value is -2.13. The summed E-state index contributed by atoms with van der Waals surface area (Å²) in [4.78, 5) is -0.0374. The minimum absolute atomic E-state index is 0.0374. The van der Waals surface area contributed by atoms with E-state index in [-0.39, 0.29) is 10.5 Å². The fourth-order valence-corrected chi connectivity index (χ4v) is 4.87. The molecule has 0 saturated heterocycles. The number of aryl methyl sites for hydroxylation is 1. The monoisotopic (exact) mass is 384 g/mol. The van der Waals surface area contributed by atoms with Crippen LogP contribution in [0.15, 0.2) is 41.3 Å². The van der Waals surface area contributed by atoms with Crippen molar-refractivity contribution in [2.75, 3.05) is 21.8 Å². The van der Waals surface area contributed by atoms with Crippen LogP contribution in [0.25, 0.3) is 0 Å². The van der Waals surface area contributed by atoms with Gasteiger partial charge in [0, 0.05) is 12.2 Å². The molecule has 0 saturated carbocycles. The number of nitrogens with one attached hydrogen (secondary N) is 1. The smallest absolute Gasteiger partial charge is 0.261 e. The van der Waals surface area contributed by atoms with E-state index in [0.29, 0.717) is 24.3 Å². The highest BCUT2D eigenvalue weighted by atomic mass is 32.2. The van der Waals surface area contributed by atoms with Gasteiger partial charge in [-0.1, -0.05) is 0 Å². The maximum atomic E-state index is 13.3. The molecule has 1 aliphatic rings. The minimum Gasteiger partial charge on any atom is -0.280 e. The summed E-state index contributed by atoms with van der Waals surface area (Å²) in [7, 11) is -7.22. The van der Waals surface area contributed by atoms with Crippen molar-refractivity contribution in [3.05, 3.63) is 53.3 Å². The van der Waals surface area contributed by atoms with Gasteiger partial charge in [-0.3, -0.25) is 9.03 Å². The third-order valence-corrected chi connectivity index (χ3v) is 6.58. The van der Waals surface area contributed by atoms with E-state index in [2.05, 4.69) is 4.72 Å². The van der Waals surface area contributed by atoms with Gasteiger partial charge < -0.3 is 0 Å². The van der Waals surface area contributed by atoms with Gasteiger partial charge in [0.15, 0.2) is 0 Å². The van der Waals surface area contributed by atoms with Crippen molar-refractivity contribution in [1.29, 1.82) is 0 Å². The molecule has 25 heavy (non-hydrogen) atoms. The van der Waals surface area contributed by atoms with Crippen LogP contribution < -0.4 is 9.03 Å². The molecule has 134 valence electrons. The number of fused-ring (bicyclic) bond motifs is 1. The summed E-state index contributed by atoms with van der Waals surface area (Å²) in [6.07, 6.45) is 1.64. The molecular weight excluding hydrogens is 367 g/mol. The number of hydrogen-bond donors (Lipinski definition) is 1. The van der Waals surface area contributed by atoms with E-state index in [1.54, 1.807) is 12.1 Å².